The highest BCUT2D eigenvalue weighted by atomic mass is 35.5. The predicted octanol–water partition coefficient (Wildman–Crippen LogP) is 3.71. The summed E-state index contributed by atoms with van der Waals surface area (Å²) in [6.45, 7) is 2.46. The fourth-order valence-electron chi connectivity index (χ4n) is 7.49. The molecule has 3 fully saturated rings. The number of carbonyl (C=O) groups excluding carboxylic acids is 2. The first-order chi connectivity index (χ1) is 19.9. The Labute approximate surface area is 249 Å². The fourth-order valence-corrected chi connectivity index (χ4v) is 7.62. The molecular weight excluding hydrogens is 538 g/mol. The SMILES string of the molecule is NCC(=O)NC1CCC(N[C@H](Cc2ccc(Cl)cc2)C(=O)N2CCC(Cn3cncn3)(C3CCCCC3)CC2)CC1. The van der Waals surface area contributed by atoms with Gasteiger partial charge in [-0.25, -0.2) is 4.98 Å². The van der Waals surface area contributed by atoms with Crippen LogP contribution in [0.4, 0.5) is 0 Å². The van der Waals surface area contributed by atoms with Crippen molar-refractivity contribution in [1.82, 2.24) is 30.3 Å². The molecule has 2 amide bonds. The first kappa shape index (κ1) is 30.0. The first-order valence-electron chi connectivity index (χ1n) is 15.6. The van der Waals surface area contributed by atoms with Crippen molar-refractivity contribution in [3.63, 3.8) is 0 Å². The molecule has 1 aliphatic heterocycles. The molecule has 3 aliphatic rings. The molecule has 5 rings (SSSR count). The monoisotopic (exact) mass is 583 g/mol. The smallest absolute Gasteiger partial charge is 0.240 e. The van der Waals surface area contributed by atoms with Gasteiger partial charge >= 0.3 is 0 Å². The minimum Gasteiger partial charge on any atom is -0.352 e. The number of likely N-dealkylation sites (tertiary alicyclic amines) is 1. The van der Waals surface area contributed by atoms with E-state index in [-0.39, 0.29) is 41.9 Å². The van der Waals surface area contributed by atoms with Gasteiger partial charge in [-0.2, -0.15) is 5.10 Å². The molecule has 4 N–H and O–H groups in total. The maximum atomic E-state index is 14.1. The van der Waals surface area contributed by atoms with Gasteiger partial charge in [0.25, 0.3) is 0 Å². The van der Waals surface area contributed by atoms with Gasteiger partial charge in [-0.3, -0.25) is 14.3 Å². The predicted molar refractivity (Wildman–Crippen MR) is 160 cm³/mol. The van der Waals surface area contributed by atoms with Gasteiger partial charge in [0.15, 0.2) is 0 Å². The van der Waals surface area contributed by atoms with Crippen LogP contribution < -0.4 is 16.4 Å². The summed E-state index contributed by atoms with van der Waals surface area (Å²) in [6.07, 6.45) is 16.2. The first-order valence-corrected chi connectivity index (χ1v) is 15.9. The van der Waals surface area contributed by atoms with Crippen molar-refractivity contribution < 1.29 is 9.59 Å². The van der Waals surface area contributed by atoms with Crippen LogP contribution >= 0.6 is 11.6 Å². The number of nitrogens with zero attached hydrogens (tertiary/aromatic N) is 4. The highest BCUT2D eigenvalue weighted by molar-refractivity contribution is 6.30. The normalized spacial score (nSPS) is 24.1. The Hall–Kier alpha value is -2.49. The fraction of sp³-hybridized carbons (Fsp3) is 0.677. The van der Waals surface area contributed by atoms with E-state index in [0.29, 0.717) is 17.4 Å². The zero-order valence-electron chi connectivity index (χ0n) is 24.1. The van der Waals surface area contributed by atoms with Gasteiger partial charge in [0.1, 0.15) is 12.7 Å². The third-order valence-electron chi connectivity index (χ3n) is 9.85. The summed E-state index contributed by atoms with van der Waals surface area (Å²) in [7, 11) is 0. The van der Waals surface area contributed by atoms with Crippen LogP contribution in [-0.2, 0) is 22.6 Å². The molecular formula is C31H46ClN7O2. The van der Waals surface area contributed by atoms with Crippen LogP contribution in [0.2, 0.25) is 5.02 Å². The van der Waals surface area contributed by atoms with Crippen molar-refractivity contribution in [1.29, 1.82) is 0 Å². The summed E-state index contributed by atoms with van der Waals surface area (Å²) in [5.41, 5.74) is 6.74. The molecule has 0 spiro atoms. The van der Waals surface area contributed by atoms with E-state index in [1.54, 1.807) is 6.33 Å². The number of piperidine rings is 1. The summed E-state index contributed by atoms with van der Waals surface area (Å²) in [5.74, 6) is 0.766. The largest absolute Gasteiger partial charge is 0.352 e. The second kappa shape index (κ2) is 14.1. The van der Waals surface area contributed by atoms with E-state index in [4.69, 9.17) is 17.3 Å². The number of hydrogen-bond donors (Lipinski definition) is 3. The van der Waals surface area contributed by atoms with Crippen molar-refractivity contribution in [2.75, 3.05) is 19.6 Å². The molecule has 1 aromatic heterocycles. The molecule has 2 aliphatic carbocycles. The van der Waals surface area contributed by atoms with E-state index < -0.39 is 0 Å². The molecule has 9 nitrogen and oxygen atoms in total. The van der Waals surface area contributed by atoms with Crippen LogP contribution in [0, 0.1) is 11.3 Å². The Kier molecular flexibility index (Phi) is 10.3. The summed E-state index contributed by atoms with van der Waals surface area (Å²) in [6, 6.07) is 7.93. The molecule has 2 aromatic rings. The average Bonchev–Trinajstić information content (AvgIpc) is 3.52. The van der Waals surface area contributed by atoms with E-state index in [1.165, 1.54) is 32.1 Å². The number of aromatic nitrogens is 3. The zero-order valence-corrected chi connectivity index (χ0v) is 24.9. The standard InChI is InChI=1S/C31H46ClN7O2/c32-25-8-6-23(7-9-25)18-28(36-26-10-12-27(13-11-26)37-29(40)19-33)30(41)38-16-14-31(15-17-38,20-39-22-34-21-35-39)24-4-2-1-3-5-24/h6-9,21-22,24,26-28,36H,1-5,10-20,33H2,(H,37,40)/t26?,27?,28-/m1/s1. The Morgan fingerprint density at radius 1 is 1.00 bits per heavy atom. The van der Waals surface area contributed by atoms with Crippen molar-refractivity contribution >= 4 is 23.4 Å². The number of hydrogen-bond acceptors (Lipinski definition) is 6. The molecule has 2 heterocycles. The molecule has 2 saturated carbocycles. The van der Waals surface area contributed by atoms with E-state index >= 15 is 0 Å². The third kappa shape index (κ3) is 7.87. The second-order valence-electron chi connectivity index (χ2n) is 12.5. The average molecular weight is 584 g/mol. The number of benzene rings is 1. The Morgan fingerprint density at radius 3 is 2.32 bits per heavy atom. The number of nitrogens with one attached hydrogen (secondary N) is 2. The summed E-state index contributed by atoms with van der Waals surface area (Å²) in [4.78, 5) is 32.2. The molecule has 0 bridgehead atoms. The third-order valence-corrected chi connectivity index (χ3v) is 10.1. The molecule has 0 unspecified atom stereocenters. The molecule has 41 heavy (non-hydrogen) atoms. The summed E-state index contributed by atoms with van der Waals surface area (Å²) in [5, 5.41) is 11.9. The number of nitrogens with two attached hydrogens (primary N) is 1. The molecule has 224 valence electrons. The van der Waals surface area contributed by atoms with Gasteiger partial charge in [-0.1, -0.05) is 43.0 Å². The Bertz CT molecular complexity index is 1100. The van der Waals surface area contributed by atoms with Crippen molar-refractivity contribution in [3.05, 3.63) is 47.5 Å². The highest BCUT2D eigenvalue weighted by Crippen LogP contribution is 2.47. The maximum absolute atomic E-state index is 14.1. The molecule has 1 saturated heterocycles. The van der Waals surface area contributed by atoms with Crippen LogP contribution in [0.3, 0.4) is 0 Å². The maximum Gasteiger partial charge on any atom is 0.240 e. The lowest BCUT2D eigenvalue weighted by Crippen LogP contribution is -2.56. The van der Waals surface area contributed by atoms with Crippen LogP contribution in [0.1, 0.15) is 76.2 Å². The van der Waals surface area contributed by atoms with Gasteiger partial charge in [0.2, 0.25) is 11.8 Å². The minimum atomic E-state index is -0.297. The lowest BCUT2D eigenvalue weighted by atomic mass is 9.63. The lowest BCUT2D eigenvalue weighted by molar-refractivity contribution is -0.137. The second-order valence-corrected chi connectivity index (χ2v) is 12.9. The number of rotatable bonds is 10. The van der Waals surface area contributed by atoms with Gasteiger partial charge in [-0.05, 0) is 86.8 Å². The Balaban J connectivity index is 1.25. The van der Waals surface area contributed by atoms with E-state index in [9.17, 15) is 9.59 Å². The molecule has 0 radical (unpaired) electrons. The molecule has 1 atom stereocenters. The van der Waals surface area contributed by atoms with Crippen LogP contribution in [-0.4, -0.2) is 69.2 Å². The van der Waals surface area contributed by atoms with Crippen LogP contribution in [0.15, 0.2) is 36.9 Å². The number of amides is 2. The zero-order chi connectivity index (χ0) is 28.7. The summed E-state index contributed by atoms with van der Waals surface area (Å²) < 4.78 is 2.00. The lowest BCUT2D eigenvalue weighted by Gasteiger charge is -2.48. The highest BCUT2D eigenvalue weighted by Gasteiger charge is 2.44. The Morgan fingerprint density at radius 2 is 1.68 bits per heavy atom. The summed E-state index contributed by atoms with van der Waals surface area (Å²) >= 11 is 6.15. The van der Waals surface area contributed by atoms with E-state index in [0.717, 1.165) is 63.7 Å². The van der Waals surface area contributed by atoms with Crippen molar-refractivity contribution in [3.8, 4) is 0 Å². The van der Waals surface area contributed by atoms with Gasteiger partial charge in [0, 0.05) is 36.7 Å². The molecule has 1 aromatic carbocycles. The van der Waals surface area contributed by atoms with Crippen molar-refractivity contribution in [2.45, 2.75) is 102 Å². The van der Waals surface area contributed by atoms with Crippen LogP contribution in [0.25, 0.3) is 0 Å². The number of carbonyl (C=O) groups is 2. The molecule has 10 heteroatoms. The van der Waals surface area contributed by atoms with Crippen molar-refractivity contribution in [2.24, 2.45) is 17.1 Å². The van der Waals surface area contributed by atoms with Gasteiger partial charge < -0.3 is 21.3 Å². The van der Waals surface area contributed by atoms with Gasteiger partial charge in [-0.15, -0.1) is 0 Å². The number of halogens is 1. The van der Waals surface area contributed by atoms with E-state index in [2.05, 4.69) is 25.6 Å². The van der Waals surface area contributed by atoms with E-state index in [1.807, 2.05) is 35.3 Å². The van der Waals surface area contributed by atoms with Gasteiger partial charge in [0.05, 0.1) is 12.6 Å². The minimum absolute atomic E-state index is 0.0204. The van der Waals surface area contributed by atoms with Crippen LogP contribution in [0.5, 0.6) is 0 Å². The quantitative estimate of drug-likeness (QED) is 0.392. The topological polar surface area (TPSA) is 118 Å².